The fourth-order valence-corrected chi connectivity index (χ4v) is 1.55. The van der Waals surface area contributed by atoms with E-state index in [9.17, 15) is 9.59 Å². The van der Waals surface area contributed by atoms with Gasteiger partial charge in [-0.3, -0.25) is 0 Å². The van der Waals surface area contributed by atoms with Gasteiger partial charge in [-0.1, -0.05) is 0 Å². The molecule has 0 aromatic heterocycles. The maximum Gasteiger partial charge on any atom is 0.334 e. The molecule has 0 aromatic rings. The fraction of sp³-hybridized carbons (Fsp3) is 0.750. The van der Waals surface area contributed by atoms with Crippen LogP contribution >= 0.6 is 0 Å². The van der Waals surface area contributed by atoms with Crippen LogP contribution in [0.1, 0.15) is 54.4 Å². The van der Waals surface area contributed by atoms with E-state index in [1.807, 2.05) is 27.7 Å². The summed E-state index contributed by atoms with van der Waals surface area (Å²) in [5.74, 6) is -1.04. The Balaban J connectivity index is 4.78. The summed E-state index contributed by atoms with van der Waals surface area (Å²) in [5, 5.41) is 0. The number of carbonyl (C=O) groups is 2. The van der Waals surface area contributed by atoms with E-state index in [0.29, 0.717) is 18.4 Å². The summed E-state index contributed by atoms with van der Waals surface area (Å²) in [6, 6.07) is 0. The molecule has 128 valence electrons. The first-order valence-electron chi connectivity index (χ1n) is 7.42. The minimum Gasteiger partial charge on any atom is -0.466 e. The summed E-state index contributed by atoms with van der Waals surface area (Å²) in [6.07, 6.45) is 0.623. The molecule has 1 unspecified atom stereocenters. The average molecular weight is 316 g/mol. The van der Waals surface area contributed by atoms with Crippen molar-refractivity contribution >= 4 is 11.9 Å². The Morgan fingerprint density at radius 3 is 2.18 bits per heavy atom. The lowest BCUT2D eigenvalue weighted by Gasteiger charge is -2.21. The van der Waals surface area contributed by atoms with E-state index in [-0.39, 0.29) is 18.3 Å². The number of methoxy groups -OCH3 is 1. The quantitative estimate of drug-likeness (QED) is 0.297. The minimum atomic E-state index is -0.533. The van der Waals surface area contributed by atoms with Crippen molar-refractivity contribution in [2.24, 2.45) is 0 Å². The predicted molar refractivity (Wildman–Crippen MR) is 82.0 cm³/mol. The molecule has 1 atom stereocenters. The standard InChI is InChI=1S/C16H28O6/c1-8-20-14(17)12(3)13(15(18)19-7)10-9-11(2)21-22-16(4,5)6/h11H,8-10H2,1-7H3. The Bertz CT molecular complexity index is 405. The van der Waals surface area contributed by atoms with Gasteiger partial charge in [-0.05, 0) is 54.4 Å². The second kappa shape index (κ2) is 9.58. The molecule has 0 radical (unpaired) electrons. The molecule has 0 rings (SSSR count). The maximum absolute atomic E-state index is 11.8. The van der Waals surface area contributed by atoms with Crippen LogP contribution in [0.2, 0.25) is 0 Å². The number of hydrogen-bond donors (Lipinski definition) is 0. The Hall–Kier alpha value is -1.40. The third kappa shape index (κ3) is 8.14. The minimum absolute atomic E-state index is 0.228. The molecule has 6 nitrogen and oxygen atoms in total. The first-order valence-corrected chi connectivity index (χ1v) is 7.42. The molecule has 0 fully saturated rings. The highest BCUT2D eigenvalue weighted by Crippen LogP contribution is 2.18. The highest BCUT2D eigenvalue weighted by Gasteiger charge is 2.21. The van der Waals surface area contributed by atoms with E-state index >= 15 is 0 Å². The van der Waals surface area contributed by atoms with Gasteiger partial charge in [0.2, 0.25) is 0 Å². The van der Waals surface area contributed by atoms with Gasteiger partial charge >= 0.3 is 11.9 Å². The van der Waals surface area contributed by atoms with Crippen molar-refractivity contribution in [1.29, 1.82) is 0 Å². The number of esters is 2. The molecule has 0 amide bonds. The van der Waals surface area contributed by atoms with Crippen LogP contribution in [0.5, 0.6) is 0 Å². The van der Waals surface area contributed by atoms with Gasteiger partial charge in [0, 0.05) is 11.1 Å². The van der Waals surface area contributed by atoms with Gasteiger partial charge in [0.15, 0.2) is 0 Å². The van der Waals surface area contributed by atoms with Crippen molar-refractivity contribution in [1.82, 2.24) is 0 Å². The molecule has 0 N–H and O–H groups in total. The number of rotatable bonds is 8. The van der Waals surface area contributed by atoms with Crippen LogP contribution in [-0.2, 0) is 28.8 Å². The van der Waals surface area contributed by atoms with Gasteiger partial charge in [0.1, 0.15) is 0 Å². The normalized spacial score (nSPS) is 14.1. The second-order valence-corrected chi connectivity index (χ2v) is 5.96. The molecule has 0 aromatic carbocycles. The number of hydrogen-bond acceptors (Lipinski definition) is 6. The smallest absolute Gasteiger partial charge is 0.334 e. The van der Waals surface area contributed by atoms with E-state index in [4.69, 9.17) is 19.2 Å². The Kier molecular flexibility index (Phi) is 8.97. The van der Waals surface area contributed by atoms with Crippen LogP contribution < -0.4 is 0 Å². The van der Waals surface area contributed by atoms with Gasteiger partial charge in [-0.15, -0.1) is 0 Å². The summed E-state index contributed by atoms with van der Waals surface area (Å²) in [4.78, 5) is 34.1. The Labute approximate surface area is 132 Å². The second-order valence-electron chi connectivity index (χ2n) is 5.96. The molecule has 0 saturated carbocycles. The molecular weight excluding hydrogens is 288 g/mol. The molecule has 0 aliphatic rings. The molecule has 6 heteroatoms. The highest BCUT2D eigenvalue weighted by atomic mass is 17.2. The molecule has 0 aliphatic heterocycles. The molecule has 0 aliphatic carbocycles. The van der Waals surface area contributed by atoms with Gasteiger partial charge < -0.3 is 9.47 Å². The third-order valence-electron chi connectivity index (χ3n) is 2.73. The summed E-state index contributed by atoms with van der Waals surface area (Å²) >= 11 is 0. The van der Waals surface area contributed by atoms with Gasteiger partial charge in [-0.2, -0.15) is 0 Å². The lowest BCUT2D eigenvalue weighted by Crippen LogP contribution is -2.23. The van der Waals surface area contributed by atoms with Gasteiger partial charge in [0.25, 0.3) is 0 Å². The third-order valence-corrected chi connectivity index (χ3v) is 2.73. The van der Waals surface area contributed by atoms with Crippen LogP contribution in [0.3, 0.4) is 0 Å². The maximum atomic E-state index is 11.8. The molecule has 0 saturated heterocycles. The molecular formula is C16H28O6. The lowest BCUT2D eigenvalue weighted by atomic mass is 10.0. The zero-order valence-corrected chi connectivity index (χ0v) is 14.6. The van der Waals surface area contributed by atoms with Crippen molar-refractivity contribution in [2.75, 3.05) is 13.7 Å². The van der Waals surface area contributed by atoms with E-state index < -0.39 is 17.5 Å². The summed E-state index contributed by atoms with van der Waals surface area (Å²) in [6.45, 7) is 11.0. The van der Waals surface area contributed by atoms with Crippen molar-refractivity contribution in [3.8, 4) is 0 Å². The predicted octanol–water partition coefficient (Wildman–Crippen LogP) is 2.95. The van der Waals surface area contributed by atoms with Crippen LogP contribution in [-0.4, -0.2) is 37.4 Å². The first kappa shape index (κ1) is 20.6. The SMILES string of the molecule is CCOC(=O)C(C)=C(CCC(C)OOC(C)(C)C)C(=O)OC. The largest absolute Gasteiger partial charge is 0.466 e. The number of carbonyl (C=O) groups excluding carboxylic acids is 2. The summed E-state index contributed by atoms with van der Waals surface area (Å²) < 4.78 is 9.65. The van der Waals surface area contributed by atoms with Crippen LogP contribution in [0.15, 0.2) is 11.1 Å². The lowest BCUT2D eigenvalue weighted by molar-refractivity contribution is -0.370. The van der Waals surface area contributed by atoms with E-state index in [1.54, 1.807) is 13.8 Å². The number of ether oxygens (including phenoxy) is 2. The molecule has 0 heterocycles. The molecule has 0 spiro atoms. The summed E-state index contributed by atoms with van der Waals surface area (Å²) in [7, 11) is 1.28. The van der Waals surface area contributed by atoms with Crippen molar-refractivity contribution < 1.29 is 28.8 Å². The fourth-order valence-electron chi connectivity index (χ4n) is 1.55. The van der Waals surface area contributed by atoms with Crippen LogP contribution in [0, 0.1) is 0 Å². The van der Waals surface area contributed by atoms with E-state index in [1.165, 1.54) is 7.11 Å². The Morgan fingerprint density at radius 2 is 1.73 bits per heavy atom. The molecule has 22 heavy (non-hydrogen) atoms. The van der Waals surface area contributed by atoms with Gasteiger partial charge in [0.05, 0.1) is 25.4 Å². The molecule has 0 bridgehead atoms. The zero-order valence-electron chi connectivity index (χ0n) is 14.6. The van der Waals surface area contributed by atoms with Crippen LogP contribution in [0.4, 0.5) is 0 Å². The first-order chi connectivity index (χ1) is 10.1. The van der Waals surface area contributed by atoms with Gasteiger partial charge in [-0.25, -0.2) is 19.4 Å². The van der Waals surface area contributed by atoms with Crippen LogP contribution in [0.25, 0.3) is 0 Å². The van der Waals surface area contributed by atoms with Crippen molar-refractivity contribution in [2.45, 2.75) is 66.1 Å². The zero-order chi connectivity index (χ0) is 17.3. The van der Waals surface area contributed by atoms with E-state index in [2.05, 4.69) is 0 Å². The van der Waals surface area contributed by atoms with Crippen molar-refractivity contribution in [3.63, 3.8) is 0 Å². The highest BCUT2D eigenvalue weighted by molar-refractivity contribution is 5.99. The Morgan fingerprint density at radius 1 is 1.14 bits per heavy atom. The topological polar surface area (TPSA) is 71.1 Å². The monoisotopic (exact) mass is 316 g/mol. The average Bonchev–Trinajstić information content (AvgIpc) is 2.44. The summed E-state index contributed by atoms with van der Waals surface area (Å²) in [5.41, 5.74) is 0.153. The van der Waals surface area contributed by atoms with Crippen molar-refractivity contribution in [3.05, 3.63) is 11.1 Å². The van der Waals surface area contributed by atoms with E-state index in [0.717, 1.165) is 0 Å².